The Morgan fingerprint density at radius 3 is 2.56 bits per heavy atom. The van der Waals surface area contributed by atoms with E-state index >= 15 is 0 Å². The molecule has 5 nitrogen and oxygen atoms in total. The summed E-state index contributed by atoms with van der Waals surface area (Å²) in [6.45, 7) is 8.95. The van der Waals surface area contributed by atoms with E-state index in [1.54, 1.807) is 19.6 Å². The first-order chi connectivity index (χ1) is 8.34. The molecule has 1 aromatic heterocycles. The van der Waals surface area contributed by atoms with E-state index in [-0.39, 0.29) is 23.4 Å². The SMILES string of the molecule is CNC(C)C(=O)NC(Cn1ccnc1)C(C)(C)C. The van der Waals surface area contributed by atoms with Gasteiger partial charge in [-0.1, -0.05) is 20.8 Å². The number of aromatic nitrogens is 2. The van der Waals surface area contributed by atoms with Crippen LogP contribution in [0.15, 0.2) is 18.7 Å². The van der Waals surface area contributed by atoms with E-state index in [2.05, 4.69) is 36.4 Å². The summed E-state index contributed by atoms with van der Waals surface area (Å²) in [5.41, 5.74) is -0.00656. The van der Waals surface area contributed by atoms with Gasteiger partial charge in [-0.2, -0.15) is 0 Å². The molecule has 0 spiro atoms. The Balaban J connectivity index is 2.71. The van der Waals surface area contributed by atoms with Gasteiger partial charge in [0, 0.05) is 18.9 Å². The molecule has 1 rings (SSSR count). The normalized spacial score (nSPS) is 15.2. The molecule has 0 saturated carbocycles. The molecule has 0 bridgehead atoms. The van der Waals surface area contributed by atoms with Crippen molar-refractivity contribution in [1.82, 2.24) is 20.2 Å². The van der Waals surface area contributed by atoms with Crippen LogP contribution in [-0.4, -0.2) is 34.6 Å². The van der Waals surface area contributed by atoms with Gasteiger partial charge in [0.15, 0.2) is 0 Å². The Morgan fingerprint density at radius 2 is 2.11 bits per heavy atom. The van der Waals surface area contributed by atoms with Crippen LogP contribution in [0.25, 0.3) is 0 Å². The van der Waals surface area contributed by atoms with E-state index in [4.69, 9.17) is 0 Å². The average Bonchev–Trinajstić information content (AvgIpc) is 2.78. The number of likely N-dealkylation sites (N-methyl/N-ethyl adjacent to an activating group) is 1. The van der Waals surface area contributed by atoms with Crippen LogP contribution in [0.1, 0.15) is 27.7 Å². The lowest BCUT2D eigenvalue weighted by Crippen LogP contribution is -2.51. The smallest absolute Gasteiger partial charge is 0.237 e. The molecule has 0 aromatic carbocycles. The van der Waals surface area contributed by atoms with E-state index in [0.29, 0.717) is 0 Å². The molecular formula is C13H24N4O. The van der Waals surface area contributed by atoms with Gasteiger partial charge in [0.1, 0.15) is 0 Å². The van der Waals surface area contributed by atoms with Gasteiger partial charge in [0.25, 0.3) is 0 Å². The van der Waals surface area contributed by atoms with Gasteiger partial charge in [0.2, 0.25) is 5.91 Å². The zero-order valence-electron chi connectivity index (χ0n) is 11.9. The standard InChI is InChI=1S/C13H24N4O/c1-10(14-5)12(18)16-11(13(2,3)4)8-17-7-6-15-9-17/h6-7,9-11,14H,8H2,1-5H3,(H,16,18). The number of carbonyl (C=O) groups is 1. The zero-order chi connectivity index (χ0) is 13.8. The van der Waals surface area contributed by atoms with Crippen molar-refractivity contribution in [3.8, 4) is 0 Å². The maximum Gasteiger partial charge on any atom is 0.237 e. The summed E-state index contributed by atoms with van der Waals surface area (Å²) in [5, 5.41) is 6.05. The summed E-state index contributed by atoms with van der Waals surface area (Å²) in [4.78, 5) is 16.0. The van der Waals surface area contributed by atoms with Crippen LogP contribution < -0.4 is 10.6 Å². The van der Waals surface area contributed by atoms with Crippen molar-refractivity contribution in [2.45, 2.75) is 46.3 Å². The molecule has 2 atom stereocenters. The molecule has 1 aromatic rings. The molecule has 102 valence electrons. The predicted octanol–water partition coefficient (Wildman–Crippen LogP) is 1.02. The maximum atomic E-state index is 12.0. The first-order valence-corrected chi connectivity index (χ1v) is 6.28. The molecule has 0 saturated heterocycles. The van der Waals surface area contributed by atoms with Crippen LogP contribution in [0.3, 0.4) is 0 Å². The molecule has 0 radical (unpaired) electrons. The van der Waals surface area contributed by atoms with Crippen molar-refractivity contribution < 1.29 is 4.79 Å². The molecule has 2 unspecified atom stereocenters. The van der Waals surface area contributed by atoms with Crippen LogP contribution >= 0.6 is 0 Å². The van der Waals surface area contributed by atoms with Crippen LogP contribution in [0.4, 0.5) is 0 Å². The average molecular weight is 252 g/mol. The summed E-state index contributed by atoms with van der Waals surface area (Å²) in [6.07, 6.45) is 5.43. The maximum absolute atomic E-state index is 12.0. The molecule has 1 heterocycles. The molecule has 5 heteroatoms. The summed E-state index contributed by atoms with van der Waals surface area (Å²) < 4.78 is 1.99. The number of rotatable bonds is 5. The highest BCUT2D eigenvalue weighted by Gasteiger charge is 2.27. The monoisotopic (exact) mass is 252 g/mol. The molecule has 0 aliphatic heterocycles. The van der Waals surface area contributed by atoms with Crippen molar-refractivity contribution in [3.63, 3.8) is 0 Å². The molecular weight excluding hydrogens is 228 g/mol. The quantitative estimate of drug-likeness (QED) is 0.822. The predicted molar refractivity (Wildman–Crippen MR) is 72.1 cm³/mol. The third-order valence-electron chi connectivity index (χ3n) is 3.14. The number of carbonyl (C=O) groups excluding carboxylic acids is 1. The van der Waals surface area contributed by atoms with Gasteiger partial charge in [-0.25, -0.2) is 4.98 Å². The number of hydrogen-bond acceptors (Lipinski definition) is 3. The Bertz CT molecular complexity index is 367. The Labute approximate surface area is 109 Å². The second kappa shape index (κ2) is 6.00. The van der Waals surface area contributed by atoms with Crippen molar-refractivity contribution >= 4 is 5.91 Å². The summed E-state index contributed by atoms with van der Waals surface area (Å²) in [7, 11) is 1.78. The van der Waals surface area contributed by atoms with Gasteiger partial charge < -0.3 is 15.2 Å². The Hall–Kier alpha value is -1.36. The second-order valence-electron chi connectivity index (χ2n) is 5.70. The fraction of sp³-hybridized carbons (Fsp3) is 0.692. The van der Waals surface area contributed by atoms with Crippen LogP contribution in [-0.2, 0) is 11.3 Å². The molecule has 18 heavy (non-hydrogen) atoms. The van der Waals surface area contributed by atoms with E-state index in [9.17, 15) is 4.79 Å². The van der Waals surface area contributed by atoms with Crippen LogP contribution in [0.2, 0.25) is 0 Å². The van der Waals surface area contributed by atoms with Crippen molar-refractivity contribution in [1.29, 1.82) is 0 Å². The van der Waals surface area contributed by atoms with Gasteiger partial charge in [0.05, 0.1) is 18.4 Å². The fourth-order valence-corrected chi connectivity index (χ4v) is 1.57. The van der Waals surface area contributed by atoms with Crippen molar-refractivity contribution in [3.05, 3.63) is 18.7 Å². The molecule has 0 aliphatic carbocycles. The fourth-order valence-electron chi connectivity index (χ4n) is 1.57. The third kappa shape index (κ3) is 4.14. The van der Waals surface area contributed by atoms with Gasteiger partial charge in [-0.05, 0) is 19.4 Å². The summed E-state index contributed by atoms with van der Waals surface area (Å²) in [6, 6.07) is -0.118. The van der Waals surface area contributed by atoms with Crippen LogP contribution in [0, 0.1) is 5.41 Å². The van der Waals surface area contributed by atoms with Gasteiger partial charge in [-0.3, -0.25) is 4.79 Å². The Morgan fingerprint density at radius 1 is 1.44 bits per heavy atom. The molecule has 0 fully saturated rings. The number of nitrogens with one attached hydrogen (secondary N) is 2. The van der Waals surface area contributed by atoms with Gasteiger partial charge in [-0.15, -0.1) is 0 Å². The number of nitrogens with zero attached hydrogens (tertiary/aromatic N) is 2. The lowest BCUT2D eigenvalue weighted by Gasteiger charge is -2.32. The van der Waals surface area contributed by atoms with E-state index < -0.39 is 0 Å². The second-order valence-corrected chi connectivity index (χ2v) is 5.70. The number of amides is 1. The topological polar surface area (TPSA) is 59.0 Å². The minimum Gasteiger partial charge on any atom is -0.350 e. The minimum atomic E-state index is -0.183. The lowest BCUT2D eigenvalue weighted by atomic mass is 9.86. The number of imidazole rings is 1. The highest BCUT2D eigenvalue weighted by atomic mass is 16.2. The number of hydrogen-bond donors (Lipinski definition) is 2. The summed E-state index contributed by atoms with van der Waals surface area (Å²) >= 11 is 0. The first-order valence-electron chi connectivity index (χ1n) is 6.28. The first kappa shape index (κ1) is 14.7. The molecule has 1 amide bonds. The van der Waals surface area contributed by atoms with Crippen LogP contribution in [0.5, 0.6) is 0 Å². The van der Waals surface area contributed by atoms with Crippen molar-refractivity contribution in [2.24, 2.45) is 5.41 Å². The Kier molecular flexibility index (Phi) is 4.90. The van der Waals surface area contributed by atoms with Crippen molar-refractivity contribution in [2.75, 3.05) is 7.05 Å². The molecule has 0 aliphatic rings. The lowest BCUT2D eigenvalue weighted by molar-refractivity contribution is -0.124. The zero-order valence-corrected chi connectivity index (χ0v) is 11.9. The third-order valence-corrected chi connectivity index (χ3v) is 3.14. The van der Waals surface area contributed by atoms with Gasteiger partial charge >= 0.3 is 0 Å². The van der Waals surface area contributed by atoms with E-state index in [1.807, 2.05) is 17.7 Å². The van der Waals surface area contributed by atoms with E-state index in [1.165, 1.54) is 0 Å². The largest absolute Gasteiger partial charge is 0.350 e. The highest BCUT2D eigenvalue weighted by molar-refractivity contribution is 5.81. The summed E-state index contributed by atoms with van der Waals surface area (Å²) in [5.74, 6) is 0.0255. The minimum absolute atomic E-state index is 0.00656. The highest BCUT2D eigenvalue weighted by Crippen LogP contribution is 2.20. The molecule has 2 N–H and O–H groups in total. The van der Waals surface area contributed by atoms with E-state index in [0.717, 1.165) is 6.54 Å².